The van der Waals surface area contributed by atoms with Crippen molar-refractivity contribution >= 4 is 5.78 Å². The van der Waals surface area contributed by atoms with Crippen LogP contribution in [0.2, 0.25) is 0 Å². The van der Waals surface area contributed by atoms with Crippen molar-refractivity contribution in [3.05, 3.63) is 64.2 Å². The maximum atomic E-state index is 12.9. The van der Waals surface area contributed by atoms with Crippen LogP contribution in [-0.4, -0.2) is 35.3 Å². The van der Waals surface area contributed by atoms with Gasteiger partial charge in [-0.3, -0.25) is 4.79 Å². The van der Waals surface area contributed by atoms with E-state index >= 15 is 0 Å². The van der Waals surface area contributed by atoms with Gasteiger partial charge in [0.25, 0.3) is 0 Å². The van der Waals surface area contributed by atoms with Gasteiger partial charge in [0.2, 0.25) is 0 Å². The minimum Gasteiger partial charge on any atom is -0.496 e. The molecule has 7 heteroatoms. The molecule has 4 atom stereocenters. The lowest BCUT2D eigenvalue weighted by Crippen LogP contribution is -2.64. The third-order valence-corrected chi connectivity index (χ3v) is 6.10. The largest absolute Gasteiger partial charge is 0.496 e. The van der Waals surface area contributed by atoms with E-state index in [2.05, 4.69) is 0 Å². The second-order valence-electron chi connectivity index (χ2n) is 7.78. The lowest BCUT2D eigenvalue weighted by Gasteiger charge is -2.49. The average molecular weight is 384 g/mol. The van der Waals surface area contributed by atoms with Crippen LogP contribution >= 0.6 is 0 Å². The number of ether oxygens (including phenoxy) is 3. The highest BCUT2D eigenvalue weighted by Crippen LogP contribution is 2.61. The van der Waals surface area contributed by atoms with Gasteiger partial charge in [0.15, 0.2) is 17.2 Å². The Morgan fingerprint density at radius 1 is 1.21 bits per heavy atom. The quantitative estimate of drug-likeness (QED) is 0.857. The number of fused-ring (bicyclic) bond motifs is 2. The van der Waals surface area contributed by atoms with Gasteiger partial charge in [-0.2, -0.15) is 0 Å². The van der Waals surface area contributed by atoms with Gasteiger partial charge < -0.3 is 23.7 Å². The predicted octanol–water partition coefficient (Wildman–Crippen LogP) is 1.70. The predicted molar refractivity (Wildman–Crippen MR) is 95.9 cm³/mol. The number of hydrogen-bond donors (Lipinski definition) is 1. The molecule has 28 heavy (non-hydrogen) atoms. The first-order chi connectivity index (χ1) is 13.4. The van der Waals surface area contributed by atoms with E-state index in [1.165, 1.54) is 13.2 Å². The van der Waals surface area contributed by atoms with E-state index in [0.717, 1.165) is 5.56 Å². The molecule has 2 aliphatic heterocycles. The Kier molecular flexibility index (Phi) is 3.62. The van der Waals surface area contributed by atoms with E-state index in [1.807, 2.05) is 30.3 Å². The minimum absolute atomic E-state index is 0.00749. The van der Waals surface area contributed by atoms with E-state index in [0.29, 0.717) is 17.9 Å². The average Bonchev–Trinajstić information content (AvgIpc) is 2.80. The van der Waals surface area contributed by atoms with Crippen molar-refractivity contribution < 1.29 is 28.5 Å². The summed E-state index contributed by atoms with van der Waals surface area (Å²) < 4.78 is 23.0. The van der Waals surface area contributed by atoms with Crippen LogP contribution in [0, 0.1) is 0 Å². The maximum absolute atomic E-state index is 12.9. The zero-order valence-corrected chi connectivity index (χ0v) is 15.3. The van der Waals surface area contributed by atoms with E-state index < -0.39 is 22.6 Å². The van der Waals surface area contributed by atoms with Gasteiger partial charge in [-0.15, -0.1) is 0 Å². The van der Waals surface area contributed by atoms with Gasteiger partial charge in [0, 0.05) is 37.3 Å². The van der Waals surface area contributed by atoms with Crippen LogP contribution in [0.5, 0.6) is 5.75 Å². The molecule has 146 valence electrons. The number of carbonyl (C=O) groups is 1. The summed E-state index contributed by atoms with van der Waals surface area (Å²) in [6, 6.07) is 12.1. The molecule has 5 rings (SSSR count). The molecule has 1 aliphatic carbocycles. The molecule has 1 N–H and O–H groups in total. The summed E-state index contributed by atoms with van der Waals surface area (Å²) in [5.41, 5.74) is -2.77. The minimum atomic E-state index is -1.72. The Hall–Kier alpha value is -2.48. The molecular weight excluding hydrogens is 364 g/mol. The molecule has 0 spiro atoms. The van der Waals surface area contributed by atoms with Crippen molar-refractivity contribution in [2.24, 2.45) is 0 Å². The summed E-state index contributed by atoms with van der Waals surface area (Å²) in [6.07, 6.45) is 0.175. The molecule has 1 saturated carbocycles. The van der Waals surface area contributed by atoms with Crippen molar-refractivity contribution in [2.75, 3.05) is 7.11 Å². The van der Waals surface area contributed by atoms with Crippen LogP contribution in [0.3, 0.4) is 0 Å². The monoisotopic (exact) mass is 384 g/mol. The zero-order chi connectivity index (χ0) is 19.6. The number of rotatable bonds is 4. The summed E-state index contributed by atoms with van der Waals surface area (Å²) in [6.45, 7) is 0. The number of benzene rings is 1. The van der Waals surface area contributed by atoms with Gasteiger partial charge in [-0.05, 0) is 0 Å². The van der Waals surface area contributed by atoms with Crippen molar-refractivity contribution in [3.8, 4) is 5.75 Å². The van der Waals surface area contributed by atoms with Gasteiger partial charge in [0.1, 0.15) is 17.1 Å². The fourth-order valence-corrected chi connectivity index (χ4v) is 4.90. The zero-order valence-electron chi connectivity index (χ0n) is 15.3. The first-order valence-corrected chi connectivity index (χ1v) is 9.25. The lowest BCUT2D eigenvalue weighted by molar-refractivity contribution is -0.334. The highest BCUT2D eigenvalue weighted by atomic mass is 16.7. The van der Waals surface area contributed by atoms with Crippen LogP contribution in [0.4, 0.5) is 0 Å². The number of methoxy groups -OCH3 is 1. The molecule has 3 unspecified atom stereocenters. The van der Waals surface area contributed by atoms with E-state index in [4.69, 9.17) is 18.6 Å². The van der Waals surface area contributed by atoms with Crippen LogP contribution in [0.1, 0.15) is 30.6 Å². The van der Waals surface area contributed by atoms with Gasteiger partial charge in [-0.1, -0.05) is 30.3 Å². The van der Waals surface area contributed by atoms with Crippen LogP contribution in [0.15, 0.2) is 51.7 Å². The molecule has 3 fully saturated rings. The van der Waals surface area contributed by atoms with Gasteiger partial charge >= 0.3 is 5.63 Å². The van der Waals surface area contributed by atoms with Crippen LogP contribution in [-0.2, 0) is 26.5 Å². The summed E-state index contributed by atoms with van der Waals surface area (Å²) in [7, 11) is 1.46. The topological polar surface area (TPSA) is 95.2 Å². The summed E-state index contributed by atoms with van der Waals surface area (Å²) in [5.74, 6) is -0.860. The van der Waals surface area contributed by atoms with E-state index in [1.54, 1.807) is 6.07 Å². The van der Waals surface area contributed by atoms with Crippen LogP contribution < -0.4 is 10.4 Å². The van der Waals surface area contributed by atoms with E-state index in [-0.39, 0.29) is 31.1 Å². The Bertz CT molecular complexity index is 999. The summed E-state index contributed by atoms with van der Waals surface area (Å²) in [4.78, 5) is 24.7. The standard InChI is InChI=1S/C21H20O7/c1-25-14-7-15(26-18(23)9-14)10-19-11-16-8-17(22)20(19,24)12-21(27-16,28-19)13-5-3-2-4-6-13/h2-7,9,16,24H,8,10-12H2,1H3/t16?,19?,20-,21?/m0/s1. The van der Waals surface area contributed by atoms with Gasteiger partial charge in [0.05, 0.1) is 19.3 Å². The third kappa shape index (κ3) is 2.33. The lowest BCUT2D eigenvalue weighted by atomic mass is 9.68. The number of hydrogen-bond acceptors (Lipinski definition) is 7. The Balaban J connectivity index is 1.62. The molecule has 0 amide bonds. The number of ketones is 1. The molecule has 0 radical (unpaired) electrons. The molecule has 2 saturated heterocycles. The summed E-state index contributed by atoms with van der Waals surface area (Å²) in [5, 5.41) is 11.5. The highest BCUT2D eigenvalue weighted by Gasteiger charge is 2.75. The smallest absolute Gasteiger partial charge is 0.339 e. The normalized spacial score (nSPS) is 35.9. The highest BCUT2D eigenvalue weighted by molar-refractivity contribution is 5.91. The molecule has 1 aromatic carbocycles. The Labute approximate surface area is 160 Å². The maximum Gasteiger partial charge on any atom is 0.339 e. The SMILES string of the molecule is COc1cc(CC23CC4CC(=O)[C@@]2(O)CC(c2ccccc2)(O4)O3)oc(=O)c1. The Morgan fingerprint density at radius 2 is 2.00 bits per heavy atom. The molecule has 3 bridgehead atoms. The van der Waals surface area contributed by atoms with E-state index in [9.17, 15) is 14.7 Å². The molecule has 7 nitrogen and oxygen atoms in total. The van der Waals surface area contributed by atoms with Gasteiger partial charge in [-0.25, -0.2) is 4.79 Å². The molecule has 3 heterocycles. The summed E-state index contributed by atoms with van der Waals surface area (Å²) >= 11 is 0. The van der Waals surface area contributed by atoms with Crippen molar-refractivity contribution in [3.63, 3.8) is 0 Å². The third-order valence-electron chi connectivity index (χ3n) is 6.10. The number of aliphatic hydroxyl groups is 1. The Morgan fingerprint density at radius 3 is 2.75 bits per heavy atom. The fourth-order valence-electron chi connectivity index (χ4n) is 4.90. The number of Topliss-reactive ketones (excluding diaryl/α,β-unsaturated/α-hetero) is 1. The first-order valence-electron chi connectivity index (χ1n) is 9.25. The molecule has 3 aliphatic rings. The van der Waals surface area contributed by atoms with Crippen LogP contribution in [0.25, 0.3) is 0 Å². The fraction of sp³-hybridized carbons (Fsp3) is 0.429. The van der Waals surface area contributed by atoms with Crippen molar-refractivity contribution in [1.82, 2.24) is 0 Å². The second-order valence-corrected chi connectivity index (χ2v) is 7.78. The molecular formula is C21H20O7. The number of carbonyl (C=O) groups excluding carboxylic acids is 1. The second kappa shape index (κ2) is 5.76. The van der Waals surface area contributed by atoms with Crippen molar-refractivity contribution in [2.45, 2.75) is 48.8 Å². The molecule has 2 aromatic rings. The molecule has 1 aromatic heterocycles. The van der Waals surface area contributed by atoms with Crippen molar-refractivity contribution in [1.29, 1.82) is 0 Å². The first kappa shape index (κ1) is 17.6.